The van der Waals surface area contributed by atoms with Crippen LogP contribution in [0.25, 0.3) is 22.1 Å². The van der Waals surface area contributed by atoms with E-state index in [1.807, 2.05) is 64.1 Å². The van der Waals surface area contributed by atoms with Gasteiger partial charge in [-0.05, 0) is 130 Å². The number of aromatic hydroxyl groups is 2. The number of aryl methyl sites for hydroxylation is 2. The molecule has 1 fully saturated rings. The molecule has 5 N–H and O–H groups in total. The summed E-state index contributed by atoms with van der Waals surface area (Å²) in [5.41, 5.74) is 8.62. The van der Waals surface area contributed by atoms with Gasteiger partial charge >= 0.3 is 17.8 Å². The summed E-state index contributed by atoms with van der Waals surface area (Å²) in [5, 5.41) is 48.9. The number of alkyl halides is 3. The number of amides is 1. The molecule has 0 radical (unpaired) electrons. The number of aromatic nitrogens is 6. The number of nitrogens with one attached hydrogen (secondary N) is 2. The highest BCUT2D eigenvalue weighted by atomic mass is 35.5. The summed E-state index contributed by atoms with van der Waals surface area (Å²) in [4.78, 5) is 44.7. The first-order valence-electron chi connectivity index (χ1n) is 23.8. The second kappa shape index (κ2) is 21.6. The number of thiophene rings is 1. The van der Waals surface area contributed by atoms with Gasteiger partial charge in [0, 0.05) is 33.6 Å². The number of fused-ring (bicyclic) bond motifs is 3. The third-order valence-corrected chi connectivity index (χ3v) is 14.8. The molecule has 0 unspecified atom stereocenters. The highest BCUT2D eigenvalue weighted by molar-refractivity contribution is 7.15. The van der Waals surface area contributed by atoms with Crippen LogP contribution in [0.3, 0.4) is 0 Å². The Kier molecular flexibility index (Phi) is 15.4. The Balaban J connectivity index is 0.000000948. The Hall–Kier alpha value is -7.09. The molecule has 1 amide bonds. The summed E-state index contributed by atoms with van der Waals surface area (Å²) >= 11 is 7.98. The zero-order valence-electron chi connectivity index (χ0n) is 41.0. The number of H-pyrrole nitrogens is 1. The highest BCUT2D eigenvalue weighted by Gasteiger charge is 2.38. The first-order valence-corrected chi connectivity index (χ1v) is 25.0. The number of hydrogen-bond acceptors (Lipinski definition) is 11. The molecule has 9 rings (SSSR count). The molecule has 15 nitrogen and oxygen atoms in total. The number of likely N-dealkylation sites (tertiary alicyclic amines) is 1. The normalized spacial score (nSPS) is 15.4. The summed E-state index contributed by atoms with van der Waals surface area (Å²) in [7, 11) is 0. The molecule has 0 aliphatic carbocycles. The zero-order valence-corrected chi connectivity index (χ0v) is 42.5. The second-order valence-corrected chi connectivity index (χ2v) is 20.4. The van der Waals surface area contributed by atoms with Crippen LogP contribution in [0, 0.1) is 26.7 Å². The van der Waals surface area contributed by atoms with Crippen molar-refractivity contribution < 1.29 is 38.1 Å². The minimum absolute atomic E-state index is 0.00192. The molecule has 2 aliphatic rings. The molecular weight excluding hydrogens is 983 g/mol. The van der Waals surface area contributed by atoms with Gasteiger partial charge in [0.25, 0.3) is 0 Å². The predicted molar refractivity (Wildman–Crippen MR) is 273 cm³/mol. The van der Waals surface area contributed by atoms with Crippen LogP contribution >= 0.6 is 22.9 Å². The SMILES string of the molecule is Cc1sc2c(c1C)C(c1ccc(Cl)cc1)=N[C@@H](CC(=O)N[C@H](C)c1cccc(CN3CCC(Cc4ccc(-n5c(-c6cc(C(C)C)c(O)cc6O)n[nH]c5=O)cc4)CC3)c1)c1nnc(C)n1-2.O=C(O)C(F)(F)F. The van der Waals surface area contributed by atoms with Gasteiger partial charge in [-0.1, -0.05) is 74.0 Å². The smallest absolute Gasteiger partial charge is 0.490 e. The molecule has 3 aromatic heterocycles. The maximum absolute atomic E-state index is 13.9. The molecule has 0 spiro atoms. The van der Waals surface area contributed by atoms with Gasteiger partial charge in [0.2, 0.25) is 5.91 Å². The number of aliphatic imine (C=N–C) groups is 1. The van der Waals surface area contributed by atoms with E-state index in [-0.39, 0.29) is 41.6 Å². The van der Waals surface area contributed by atoms with Crippen LogP contribution < -0.4 is 11.0 Å². The number of carboxylic acids is 1. The van der Waals surface area contributed by atoms with Crippen LogP contribution in [0.2, 0.25) is 5.02 Å². The maximum Gasteiger partial charge on any atom is 0.490 e. The summed E-state index contributed by atoms with van der Waals surface area (Å²) < 4.78 is 35.3. The van der Waals surface area contributed by atoms with E-state index in [0.29, 0.717) is 33.6 Å². The van der Waals surface area contributed by atoms with E-state index < -0.39 is 23.9 Å². The van der Waals surface area contributed by atoms with E-state index in [0.717, 1.165) is 77.7 Å². The van der Waals surface area contributed by atoms with E-state index >= 15 is 0 Å². The van der Waals surface area contributed by atoms with Gasteiger partial charge in [0.05, 0.1) is 29.4 Å². The monoisotopic (exact) mass is 1040 g/mol. The fourth-order valence-corrected chi connectivity index (χ4v) is 10.7. The van der Waals surface area contributed by atoms with Gasteiger partial charge in [-0.3, -0.25) is 19.3 Å². The van der Waals surface area contributed by atoms with Gasteiger partial charge in [-0.25, -0.2) is 19.3 Å². The third kappa shape index (κ3) is 11.6. The Bertz CT molecular complexity index is 3250. The lowest BCUT2D eigenvalue weighted by molar-refractivity contribution is -0.192. The average molecular weight is 1040 g/mol. The van der Waals surface area contributed by atoms with Crippen molar-refractivity contribution in [1.82, 2.24) is 39.7 Å². The average Bonchev–Trinajstić information content (AvgIpc) is 3.98. The van der Waals surface area contributed by atoms with Crippen LogP contribution in [-0.4, -0.2) is 86.6 Å². The Morgan fingerprint density at radius 2 is 1.59 bits per heavy atom. The fraction of sp³-hybridized carbons (Fsp3) is 0.340. The molecule has 2 aliphatic heterocycles. The summed E-state index contributed by atoms with van der Waals surface area (Å²) in [5.74, 6) is -0.807. The second-order valence-electron chi connectivity index (χ2n) is 18.8. The number of carboxylic acid groups (broad SMARTS) is 1. The first kappa shape index (κ1) is 52.2. The van der Waals surface area contributed by atoms with Crippen molar-refractivity contribution in [3.05, 3.63) is 156 Å². The Morgan fingerprint density at radius 3 is 2.25 bits per heavy atom. The van der Waals surface area contributed by atoms with Gasteiger partial charge in [-0.2, -0.15) is 18.3 Å². The summed E-state index contributed by atoms with van der Waals surface area (Å²) in [6.45, 7) is 14.9. The number of phenols is 2. The zero-order chi connectivity index (χ0) is 52.5. The number of carbonyl (C=O) groups is 2. The third-order valence-electron chi connectivity index (χ3n) is 13.3. The first-order chi connectivity index (χ1) is 34.7. The Morgan fingerprint density at radius 1 is 0.904 bits per heavy atom. The van der Waals surface area contributed by atoms with Crippen LogP contribution in [-0.2, 0) is 22.6 Å². The van der Waals surface area contributed by atoms with Crippen LogP contribution in [0.4, 0.5) is 13.2 Å². The summed E-state index contributed by atoms with van der Waals surface area (Å²) in [6.07, 6.45) is -1.89. The van der Waals surface area contributed by atoms with Gasteiger partial charge in [-0.15, -0.1) is 21.5 Å². The predicted octanol–water partition coefficient (Wildman–Crippen LogP) is 10.2. The van der Waals surface area contributed by atoms with E-state index in [4.69, 9.17) is 26.5 Å². The van der Waals surface area contributed by atoms with Crippen molar-refractivity contribution in [2.75, 3.05) is 13.1 Å². The molecule has 7 aromatic rings. The Labute approximate surface area is 428 Å². The van der Waals surface area contributed by atoms with Gasteiger partial charge < -0.3 is 20.6 Å². The fourth-order valence-electron chi connectivity index (χ4n) is 9.33. The van der Waals surface area contributed by atoms with Crippen molar-refractivity contribution in [2.24, 2.45) is 10.9 Å². The van der Waals surface area contributed by atoms with Crippen LogP contribution in [0.5, 0.6) is 11.5 Å². The highest BCUT2D eigenvalue weighted by Crippen LogP contribution is 2.41. The largest absolute Gasteiger partial charge is 0.508 e. The van der Waals surface area contributed by atoms with E-state index in [9.17, 15) is 33.0 Å². The molecule has 73 heavy (non-hydrogen) atoms. The molecule has 5 heterocycles. The number of nitrogens with zero attached hydrogens (tertiary/aromatic N) is 7. The molecule has 0 saturated carbocycles. The minimum Gasteiger partial charge on any atom is -0.508 e. The minimum atomic E-state index is -5.08. The lowest BCUT2D eigenvalue weighted by Crippen LogP contribution is -2.34. The van der Waals surface area contributed by atoms with E-state index in [1.54, 1.807) is 17.4 Å². The lowest BCUT2D eigenvalue weighted by atomic mass is 9.90. The standard InChI is InChI=1S/C51H54ClN9O4S.C2HF3O2/c1-28(2)40-24-41(44(63)26-43(40)62)48-56-58-51(65)61(48)39-16-10-33(11-17-39)22-34-18-20-59(21-19-34)27-35-8-7-9-37(23-35)30(4)53-45(64)25-42-49-57-55-32(6)60(49)50-46(29(3)31(5)66-50)47(54-42)36-12-14-38(52)15-13-36;3-2(4,5)1(6)7/h7-17,23-24,26,28,30,34,42,62-63H,18-22,25,27H2,1-6H3,(H,53,64)(H,58,65);(H,6,7)/t30-,42+;/m1./s1. The topological polar surface area (TPSA) is 204 Å². The molecule has 382 valence electrons. The van der Waals surface area contributed by atoms with Crippen molar-refractivity contribution in [2.45, 2.75) is 97.9 Å². The number of benzene rings is 4. The summed E-state index contributed by atoms with van der Waals surface area (Å²) in [6, 6.07) is 26.4. The molecule has 4 aromatic carbocycles. The van der Waals surface area contributed by atoms with Crippen molar-refractivity contribution in [3.8, 4) is 33.6 Å². The van der Waals surface area contributed by atoms with Crippen molar-refractivity contribution in [3.63, 3.8) is 0 Å². The number of halogens is 4. The van der Waals surface area contributed by atoms with Gasteiger partial charge in [0.15, 0.2) is 11.6 Å². The number of carbonyl (C=O) groups excluding carboxylic acids is 1. The van der Waals surface area contributed by atoms with Crippen molar-refractivity contribution in [1.29, 1.82) is 0 Å². The number of aliphatic carboxylic acids is 1. The van der Waals surface area contributed by atoms with Crippen LogP contribution in [0.15, 0.2) is 94.7 Å². The number of phenolic OH excluding ortho intramolecular Hbond substituents is 2. The number of rotatable bonds is 12. The molecule has 0 bridgehead atoms. The number of piperidine rings is 1. The molecule has 1 saturated heterocycles. The van der Waals surface area contributed by atoms with Gasteiger partial charge in [0.1, 0.15) is 28.4 Å². The number of hydrogen-bond donors (Lipinski definition) is 5. The lowest BCUT2D eigenvalue weighted by Gasteiger charge is -2.32. The molecule has 20 heteroatoms. The maximum atomic E-state index is 13.9. The molecular formula is C53H55ClF3N9O6S. The van der Waals surface area contributed by atoms with Crippen LogP contribution in [0.1, 0.15) is 114 Å². The van der Waals surface area contributed by atoms with Crippen molar-refractivity contribution >= 4 is 40.5 Å². The van der Waals surface area contributed by atoms with E-state index in [1.165, 1.54) is 26.6 Å². The number of aromatic amines is 1. The van der Waals surface area contributed by atoms with E-state index in [2.05, 4.69) is 85.4 Å². The quantitative estimate of drug-likeness (QED) is 0.0783. The molecule has 2 atom stereocenters.